The van der Waals surface area contributed by atoms with Gasteiger partial charge in [-0.1, -0.05) is 0 Å². The third-order valence-electron chi connectivity index (χ3n) is 1.40. The molecule has 0 saturated heterocycles. The van der Waals surface area contributed by atoms with Crippen LogP contribution in [0.15, 0.2) is 0 Å². The van der Waals surface area contributed by atoms with E-state index in [4.69, 9.17) is 9.84 Å². The summed E-state index contributed by atoms with van der Waals surface area (Å²) in [5.74, 6) is -0.0715. The zero-order valence-corrected chi connectivity index (χ0v) is 9.67. The summed E-state index contributed by atoms with van der Waals surface area (Å²) in [7, 11) is -3.31. The van der Waals surface area contributed by atoms with E-state index in [2.05, 4.69) is 4.72 Å². The molecule has 0 fully saturated rings. The van der Waals surface area contributed by atoms with Gasteiger partial charge in [0.25, 0.3) is 0 Å². The summed E-state index contributed by atoms with van der Waals surface area (Å²) in [5.41, 5.74) is 0. The average molecular weight is 225 g/mol. The second-order valence-corrected chi connectivity index (χ2v) is 5.36. The summed E-state index contributed by atoms with van der Waals surface area (Å²) in [6.07, 6.45) is -0.641. The van der Waals surface area contributed by atoms with Crippen molar-refractivity contribution in [2.75, 3.05) is 18.9 Å². The lowest BCUT2D eigenvalue weighted by Gasteiger charge is -2.10. The van der Waals surface area contributed by atoms with E-state index in [1.54, 1.807) is 0 Å². The second kappa shape index (κ2) is 6.34. The van der Waals surface area contributed by atoms with E-state index >= 15 is 0 Å². The van der Waals surface area contributed by atoms with E-state index in [9.17, 15) is 8.42 Å². The zero-order chi connectivity index (χ0) is 11.2. The number of nitrogens with one attached hydrogen (secondary N) is 1. The highest BCUT2D eigenvalue weighted by molar-refractivity contribution is 7.89. The molecule has 6 heteroatoms. The highest BCUT2D eigenvalue weighted by Crippen LogP contribution is 1.91. The first-order valence-corrected chi connectivity index (χ1v) is 6.25. The molecule has 1 atom stereocenters. The first-order chi connectivity index (χ1) is 6.33. The first-order valence-electron chi connectivity index (χ1n) is 4.60. The number of rotatable bonds is 7. The summed E-state index contributed by atoms with van der Waals surface area (Å²) >= 11 is 0. The van der Waals surface area contributed by atoms with Crippen LogP contribution in [0, 0.1) is 0 Å². The van der Waals surface area contributed by atoms with Crippen LogP contribution in [0.2, 0.25) is 0 Å². The predicted octanol–water partition coefficient (Wildman–Crippen LogP) is -0.288. The zero-order valence-electron chi connectivity index (χ0n) is 8.86. The SMILES string of the molecule is CC(C)OCCS(=O)(=O)NC[C@H](C)O. The number of sulfonamides is 1. The summed E-state index contributed by atoms with van der Waals surface area (Å²) in [6, 6.07) is 0. The van der Waals surface area contributed by atoms with Gasteiger partial charge in [-0.05, 0) is 20.8 Å². The van der Waals surface area contributed by atoms with Gasteiger partial charge in [0.15, 0.2) is 0 Å². The molecular formula is C8H19NO4S. The predicted molar refractivity (Wildman–Crippen MR) is 54.6 cm³/mol. The van der Waals surface area contributed by atoms with Gasteiger partial charge >= 0.3 is 0 Å². The second-order valence-electron chi connectivity index (χ2n) is 3.44. The van der Waals surface area contributed by atoms with Crippen LogP contribution in [0.5, 0.6) is 0 Å². The van der Waals surface area contributed by atoms with E-state index in [0.29, 0.717) is 0 Å². The first kappa shape index (κ1) is 13.8. The number of aliphatic hydroxyl groups is 1. The molecule has 86 valence electrons. The Labute approximate surface area is 85.5 Å². The Kier molecular flexibility index (Phi) is 6.26. The molecule has 0 aliphatic carbocycles. The van der Waals surface area contributed by atoms with Gasteiger partial charge in [-0.25, -0.2) is 13.1 Å². The van der Waals surface area contributed by atoms with Gasteiger partial charge in [-0.15, -0.1) is 0 Å². The molecule has 0 spiro atoms. The fraction of sp³-hybridized carbons (Fsp3) is 1.00. The normalized spacial score (nSPS) is 14.6. The standard InChI is InChI=1S/C8H19NO4S/c1-7(2)13-4-5-14(11,12)9-6-8(3)10/h7-10H,4-6H2,1-3H3/t8-/m0/s1. The number of aliphatic hydroxyl groups excluding tert-OH is 1. The molecule has 0 aliphatic heterocycles. The number of hydrogen-bond donors (Lipinski definition) is 2. The lowest BCUT2D eigenvalue weighted by molar-refractivity contribution is 0.0911. The van der Waals surface area contributed by atoms with Crippen molar-refractivity contribution in [3.8, 4) is 0 Å². The Morgan fingerprint density at radius 1 is 1.36 bits per heavy atom. The lowest BCUT2D eigenvalue weighted by Crippen LogP contribution is -2.34. The van der Waals surface area contributed by atoms with Gasteiger partial charge in [0, 0.05) is 6.54 Å². The van der Waals surface area contributed by atoms with Crippen LogP contribution in [0.4, 0.5) is 0 Å². The highest BCUT2D eigenvalue weighted by atomic mass is 32.2. The number of ether oxygens (including phenoxy) is 1. The molecule has 0 aromatic carbocycles. The largest absolute Gasteiger partial charge is 0.392 e. The summed E-state index contributed by atoms with van der Waals surface area (Å²) in [5, 5.41) is 8.87. The maximum absolute atomic E-state index is 11.2. The number of hydrogen-bond acceptors (Lipinski definition) is 4. The van der Waals surface area contributed by atoms with Crippen molar-refractivity contribution < 1.29 is 18.3 Å². The smallest absolute Gasteiger partial charge is 0.213 e. The van der Waals surface area contributed by atoms with Crippen molar-refractivity contribution in [3.63, 3.8) is 0 Å². The van der Waals surface area contributed by atoms with E-state index in [1.165, 1.54) is 6.92 Å². The van der Waals surface area contributed by atoms with Crippen molar-refractivity contribution >= 4 is 10.0 Å². The van der Waals surface area contributed by atoms with E-state index in [-0.39, 0.29) is 25.0 Å². The maximum atomic E-state index is 11.2. The van der Waals surface area contributed by atoms with Crippen LogP contribution in [-0.2, 0) is 14.8 Å². The Morgan fingerprint density at radius 2 is 1.93 bits per heavy atom. The van der Waals surface area contributed by atoms with Crippen LogP contribution in [0.1, 0.15) is 20.8 Å². The molecule has 14 heavy (non-hydrogen) atoms. The van der Waals surface area contributed by atoms with Crippen molar-refractivity contribution in [1.82, 2.24) is 4.72 Å². The molecule has 0 unspecified atom stereocenters. The molecule has 2 N–H and O–H groups in total. The maximum Gasteiger partial charge on any atom is 0.213 e. The third kappa shape index (κ3) is 8.43. The Morgan fingerprint density at radius 3 is 2.36 bits per heavy atom. The third-order valence-corrected chi connectivity index (χ3v) is 2.71. The quantitative estimate of drug-likeness (QED) is 0.624. The Balaban J connectivity index is 3.73. The molecule has 0 aliphatic rings. The molecule has 5 nitrogen and oxygen atoms in total. The molecular weight excluding hydrogens is 206 g/mol. The van der Waals surface area contributed by atoms with Crippen LogP contribution in [-0.4, -0.2) is 44.6 Å². The van der Waals surface area contributed by atoms with Crippen molar-refractivity contribution in [1.29, 1.82) is 0 Å². The molecule has 0 rings (SSSR count). The van der Waals surface area contributed by atoms with E-state index in [1.807, 2.05) is 13.8 Å². The minimum atomic E-state index is -3.31. The molecule has 0 aromatic heterocycles. The highest BCUT2D eigenvalue weighted by Gasteiger charge is 2.10. The van der Waals surface area contributed by atoms with Gasteiger partial charge in [-0.2, -0.15) is 0 Å². The lowest BCUT2D eigenvalue weighted by atomic mass is 10.4. The van der Waals surface area contributed by atoms with Crippen molar-refractivity contribution in [3.05, 3.63) is 0 Å². The summed E-state index contributed by atoms with van der Waals surface area (Å²) < 4.78 is 29.8. The van der Waals surface area contributed by atoms with Gasteiger partial charge in [0.1, 0.15) is 0 Å². The van der Waals surface area contributed by atoms with Crippen molar-refractivity contribution in [2.45, 2.75) is 33.0 Å². The minimum absolute atomic E-state index is 0.0296. The minimum Gasteiger partial charge on any atom is -0.392 e. The molecule has 0 amide bonds. The van der Waals surface area contributed by atoms with Gasteiger partial charge < -0.3 is 9.84 Å². The molecule has 0 heterocycles. The Hall–Kier alpha value is -0.170. The van der Waals surface area contributed by atoms with Crippen LogP contribution in [0.25, 0.3) is 0 Å². The van der Waals surface area contributed by atoms with E-state index in [0.717, 1.165) is 0 Å². The van der Waals surface area contributed by atoms with Gasteiger partial charge in [0.05, 0.1) is 24.6 Å². The monoisotopic (exact) mass is 225 g/mol. The van der Waals surface area contributed by atoms with Gasteiger partial charge in [0.2, 0.25) is 10.0 Å². The average Bonchev–Trinajstić information content (AvgIpc) is 2.00. The Bertz CT molecular complexity index is 236. The van der Waals surface area contributed by atoms with Crippen LogP contribution in [0.3, 0.4) is 0 Å². The fourth-order valence-electron chi connectivity index (χ4n) is 0.713. The molecule has 0 bridgehead atoms. The molecule has 0 radical (unpaired) electrons. The molecule has 0 saturated carbocycles. The van der Waals surface area contributed by atoms with Crippen LogP contribution >= 0.6 is 0 Å². The summed E-state index contributed by atoms with van der Waals surface area (Å²) in [4.78, 5) is 0. The van der Waals surface area contributed by atoms with E-state index < -0.39 is 16.1 Å². The topological polar surface area (TPSA) is 75.6 Å². The van der Waals surface area contributed by atoms with Gasteiger partial charge in [-0.3, -0.25) is 0 Å². The fourth-order valence-corrected chi connectivity index (χ4v) is 1.67. The molecule has 0 aromatic rings. The van der Waals surface area contributed by atoms with Crippen molar-refractivity contribution in [2.24, 2.45) is 0 Å². The van der Waals surface area contributed by atoms with Crippen LogP contribution < -0.4 is 4.72 Å². The summed E-state index contributed by atoms with van der Waals surface area (Å²) in [6.45, 7) is 5.43.